The fourth-order valence-electron chi connectivity index (χ4n) is 2.94. The summed E-state index contributed by atoms with van der Waals surface area (Å²) in [6.45, 7) is 4.71. The van der Waals surface area contributed by atoms with Gasteiger partial charge in [-0.25, -0.2) is 0 Å². The Morgan fingerprint density at radius 1 is 1.45 bits per heavy atom. The van der Waals surface area contributed by atoms with E-state index in [0.717, 1.165) is 31.2 Å². The predicted octanol–water partition coefficient (Wildman–Crippen LogP) is 1.52. The minimum atomic E-state index is 0.458. The molecule has 2 aromatic heterocycles. The second-order valence-electron chi connectivity index (χ2n) is 5.73. The van der Waals surface area contributed by atoms with E-state index < -0.39 is 0 Å². The van der Waals surface area contributed by atoms with Gasteiger partial charge in [0.15, 0.2) is 11.6 Å². The maximum Gasteiger partial charge on any atom is 0.226 e. The van der Waals surface area contributed by atoms with Gasteiger partial charge in [-0.3, -0.25) is 4.90 Å². The average Bonchev–Trinajstić information content (AvgIpc) is 3.17. The van der Waals surface area contributed by atoms with Gasteiger partial charge >= 0.3 is 0 Å². The Morgan fingerprint density at radius 3 is 3.09 bits per heavy atom. The van der Waals surface area contributed by atoms with Crippen LogP contribution in [0.3, 0.4) is 0 Å². The van der Waals surface area contributed by atoms with Crippen molar-refractivity contribution in [3.8, 4) is 0 Å². The van der Waals surface area contributed by atoms with Crippen LogP contribution in [0.2, 0.25) is 0 Å². The van der Waals surface area contributed by atoms with E-state index in [9.17, 15) is 0 Å². The van der Waals surface area contributed by atoms with E-state index >= 15 is 0 Å². The molecule has 1 fully saturated rings. The molecule has 0 saturated carbocycles. The van der Waals surface area contributed by atoms with E-state index in [2.05, 4.69) is 37.2 Å². The van der Waals surface area contributed by atoms with Crippen molar-refractivity contribution < 1.29 is 4.52 Å². The van der Waals surface area contributed by atoms with Crippen molar-refractivity contribution in [2.24, 2.45) is 0 Å². The number of nitrogens with zero attached hydrogens (tertiary/aromatic N) is 6. The first kappa shape index (κ1) is 14.9. The minimum absolute atomic E-state index is 0.458. The molecule has 0 N–H and O–H groups in total. The van der Waals surface area contributed by atoms with Crippen LogP contribution in [-0.4, -0.2) is 51.4 Å². The standard InChI is InChI=1S/C15H22N6O/c1-3-15-17-13(19-22-15)11-20(2)10-12-6-5-9-21(12)14-7-4-8-16-18-14/h4,7-8,12H,3,5-6,9-11H2,1-2H3/t12-/m0/s1. The van der Waals surface area contributed by atoms with Crippen LogP contribution >= 0.6 is 0 Å². The molecule has 0 aromatic carbocycles. The van der Waals surface area contributed by atoms with E-state index in [1.165, 1.54) is 12.8 Å². The predicted molar refractivity (Wildman–Crippen MR) is 82.4 cm³/mol. The molecule has 0 aliphatic carbocycles. The quantitative estimate of drug-likeness (QED) is 0.801. The molecule has 0 radical (unpaired) electrons. The first-order valence-corrected chi connectivity index (χ1v) is 7.80. The maximum atomic E-state index is 5.16. The van der Waals surface area contributed by atoms with Crippen molar-refractivity contribution >= 4 is 5.82 Å². The Kier molecular flexibility index (Phi) is 4.62. The third-order valence-corrected chi connectivity index (χ3v) is 3.98. The highest BCUT2D eigenvalue weighted by molar-refractivity contribution is 5.39. The summed E-state index contributed by atoms with van der Waals surface area (Å²) in [5, 5.41) is 12.2. The zero-order valence-electron chi connectivity index (χ0n) is 13.1. The summed E-state index contributed by atoms with van der Waals surface area (Å²) < 4.78 is 5.16. The summed E-state index contributed by atoms with van der Waals surface area (Å²) >= 11 is 0. The molecular formula is C15H22N6O. The normalized spacial score (nSPS) is 18.3. The zero-order chi connectivity index (χ0) is 15.4. The number of aromatic nitrogens is 4. The third-order valence-electron chi connectivity index (χ3n) is 3.98. The first-order chi connectivity index (χ1) is 10.8. The molecule has 1 aliphatic heterocycles. The molecule has 3 heterocycles. The van der Waals surface area contributed by atoms with Crippen LogP contribution in [0.1, 0.15) is 31.5 Å². The van der Waals surface area contributed by atoms with Crippen molar-refractivity contribution in [2.45, 2.75) is 38.8 Å². The Balaban J connectivity index is 1.59. The number of rotatable bonds is 6. The van der Waals surface area contributed by atoms with Gasteiger partial charge in [-0.2, -0.15) is 10.1 Å². The maximum absolute atomic E-state index is 5.16. The first-order valence-electron chi connectivity index (χ1n) is 7.80. The molecule has 0 amide bonds. The molecule has 0 bridgehead atoms. The van der Waals surface area contributed by atoms with Gasteiger partial charge in [0.2, 0.25) is 5.89 Å². The fourth-order valence-corrected chi connectivity index (χ4v) is 2.94. The molecule has 2 aromatic rings. The minimum Gasteiger partial charge on any atom is -0.351 e. The van der Waals surface area contributed by atoms with Crippen LogP contribution in [0.5, 0.6) is 0 Å². The molecule has 22 heavy (non-hydrogen) atoms. The van der Waals surface area contributed by atoms with Crippen LogP contribution < -0.4 is 4.90 Å². The topological polar surface area (TPSA) is 71.2 Å². The van der Waals surface area contributed by atoms with Crippen LogP contribution in [-0.2, 0) is 13.0 Å². The van der Waals surface area contributed by atoms with Crippen molar-refractivity contribution in [1.82, 2.24) is 25.2 Å². The lowest BCUT2D eigenvalue weighted by molar-refractivity contribution is 0.288. The number of anilines is 1. The summed E-state index contributed by atoms with van der Waals surface area (Å²) in [6.07, 6.45) is 4.85. The van der Waals surface area contributed by atoms with Crippen LogP contribution in [0.4, 0.5) is 5.82 Å². The molecule has 1 saturated heterocycles. The number of likely N-dealkylation sites (N-methyl/N-ethyl adjacent to an activating group) is 1. The molecular weight excluding hydrogens is 280 g/mol. The van der Waals surface area contributed by atoms with Gasteiger partial charge in [-0.05, 0) is 32.0 Å². The summed E-state index contributed by atoms with van der Waals surface area (Å²) in [6, 6.07) is 4.42. The van der Waals surface area contributed by atoms with Gasteiger partial charge in [-0.15, -0.1) is 5.10 Å². The molecule has 118 valence electrons. The van der Waals surface area contributed by atoms with Crippen LogP contribution in [0.25, 0.3) is 0 Å². The summed E-state index contributed by atoms with van der Waals surface area (Å²) in [7, 11) is 2.09. The lowest BCUT2D eigenvalue weighted by Crippen LogP contribution is -2.39. The van der Waals surface area contributed by atoms with Crippen molar-refractivity contribution in [2.75, 3.05) is 25.0 Å². The number of hydrogen-bond donors (Lipinski definition) is 0. The summed E-state index contributed by atoms with van der Waals surface area (Å²) in [5.41, 5.74) is 0. The molecule has 0 spiro atoms. The highest BCUT2D eigenvalue weighted by atomic mass is 16.5. The van der Waals surface area contributed by atoms with E-state index in [1.807, 2.05) is 19.1 Å². The largest absolute Gasteiger partial charge is 0.351 e. The Labute approximate surface area is 130 Å². The molecule has 7 heteroatoms. The number of aryl methyl sites for hydroxylation is 1. The van der Waals surface area contributed by atoms with Crippen molar-refractivity contribution in [3.63, 3.8) is 0 Å². The van der Waals surface area contributed by atoms with Gasteiger partial charge in [0, 0.05) is 31.7 Å². The van der Waals surface area contributed by atoms with Gasteiger partial charge in [-0.1, -0.05) is 12.1 Å². The molecule has 0 unspecified atom stereocenters. The van der Waals surface area contributed by atoms with E-state index in [1.54, 1.807) is 6.20 Å². The second-order valence-corrected chi connectivity index (χ2v) is 5.73. The van der Waals surface area contributed by atoms with Gasteiger partial charge < -0.3 is 9.42 Å². The summed E-state index contributed by atoms with van der Waals surface area (Å²) in [5.74, 6) is 2.42. The Bertz CT molecular complexity index is 587. The SMILES string of the molecule is CCc1nc(CN(C)C[C@@H]2CCCN2c2cccnn2)no1. The molecule has 3 rings (SSSR count). The van der Waals surface area contributed by atoms with Crippen LogP contribution in [0, 0.1) is 0 Å². The third kappa shape index (κ3) is 3.41. The smallest absolute Gasteiger partial charge is 0.226 e. The molecule has 1 atom stereocenters. The average molecular weight is 302 g/mol. The highest BCUT2D eigenvalue weighted by Crippen LogP contribution is 2.23. The van der Waals surface area contributed by atoms with Crippen molar-refractivity contribution in [3.05, 3.63) is 30.0 Å². The van der Waals surface area contributed by atoms with Gasteiger partial charge in [0.25, 0.3) is 0 Å². The van der Waals surface area contributed by atoms with Crippen molar-refractivity contribution in [1.29, 1.82) is 0 Å². The van der Waals surface area contributed by atoms with E-state index in [4.69, 9.17) is 4.52 Å². The van der Waals surface area contributed by atoms with E-state index in [0.29, 0.717) is 18.5 Å². The second kappa shape index (κ2) is 6.83. The Morgan fingerprint density at radius 2 is 2.36 bits per heavy atom. The zero-order valence-corrected chi connectivity index (χ0v) is 13.1. The highest BCUT2D eigenvalue weighted by Gasteiger charge is 2.27. The number of hydrogen-bond acceptors (Lipinski definition) is 7. The molecule has 1 aliphatic rings. The lowest BCUT2D eigenvalue weighted by atomic mass is 10.2. The van der Waals surface area contributed by atoms with Gasteiger partial charge in [0.1, 0.15) is 0 Å². The molecule has 7 nitrogen and oxygen atoms in total. The Hall–Kier alpha value is -2.02. The summed E-state index contributed by atoms with van der Waals surface area (Å²) in [4.78, 5) is 8.95. The lowest BCUT2D eigenvalue weighted by Gasteiger charge is -2.28. The van der Waals surface area contributed by atoms with E-state index in [-0.39, 0.29) is 0 Å². The van der Waals surface area contributed by atoms with Gasteiger partial charge in [0.05, 0.1) is 6.54 Å². The monoisotopic (exact) mass is 302 g/mol. The van der Waals surface area contributed by atoms with Crippen LogP contribution in [0.15, 0.2) is 22.9 Å². The fraction of sp³-hybridized carbons (Fsp3) is 0.600.